The first-order chi connectivity index (χ1) is 18.3. The first-order valence-corrected chi connectivity index (χ1v) is 14.1. The average molecular weight is 539 g/mol. The first-order valence-electron chi connectivity index (χ1n) is 13.7. The van der Waals surface area contributed by atoms with Crippen LogP contribution >= 0.6 is 11.6 Å². The highest BCUT2D eigenvalue weighted by Crippen LogP contribution is 2.47. The third-order valence-electron chi connectivity index (χ3n) is 8.78. The number of hydrogen-bond acceptors (Lipinski definition) is 5. The standard InChI is InChI=1S/C29H35ClN4O4/c1-38-21-12-19-13-23(33-26(19)22(30)14-21)28(37)34-17-29(9-5-2-6-10-29)15-24(34)27(36)32-20(16-31)11-18-7-3-4-8-25(18)35/h12-14,18,20,24,33H,2-11,15,17H2,1H3,(H,32,36)/t18-,20-,24?/m0/s1. The van der Waals surface area contributed by atoms with Gasteiger partial charge in [0.15, 0.2) is 0 Å². The molecule has 1 spiro atoms. The summed E-state index contributed by atoms with van der Waals surface area (Å²) in [7, 11) is 1.56. The van der Waals surface area contributed by atoms with E-state index < -0.39 is 12.1 Å². The van der Waals surface area contributed by atoms with Gasteiger partial charge in [-0.15, -0.1) is 0 Å². The van der Waals surface area contributed by atoms with Crippen LogP contribution in [0.25, 0.3) is 10.9 Å². The van der Waals surface area contributed by atoms with Gasteiger partial charge in [-0.05, 0) is 56.1 Å². The van der Waals surface area contributed by atoms with E-state index in [1.165, 1.54) is 6.42 Å². The number of amides is 2. The van der Waals surface area contributed by atoms with E-state index in [1.807, 2.05) is 6.07 Å². The molecule has 2 heterocycles. The number of fused-ring (bicyclic) bond motifs is 1. The van der Waals surface area contributed by atoms with Crippen molar-refractivity contribution in [1.29, 1.82) is 5.26 Å². The van der Waals surface area contributed by atoms with Crippen molar-refractivity contribution in [2.24, 2.45) is 11.3 Å². The number of ketones is 1. The van der Waals surface area contributed by atoms with Crippen LogP contribution in [0.5, 0.6) is 5.75 Å². The number of rotatable bonds is 6. The molecule has 38 heavy (non-hydrogen) atoms. The molecule has 2 aliphatic carbocycles. The zero-order valence-electron chi connectivity index (χ0n) is 21.9. The van der Waals surface area contributed by atoms with E-state index in [0.29, 0.717) is 47.8 Å². The first kappa shape index (κ1) is 26.6. The Morgan fingerprint density at radius 1 is 1.24 bits per heavy atom. The van der Waals surface area contributed by atoms with Gasteiger partial charge in [0.25, 0.3) is 5.91 Å². The van der Waals surface area contributed by atoms with E-state index in [-0.39, 0.29) is 28.9 Å². The van der Waals surface area contributed by atoms with E-state index in [9.17, 15) is 19.6 Å². The second kappa shape index (κ2) is 11.0. The fraction of sp³-hybridized carbons (Fsp3) is 0.586. The number of carbonyl (C=O) groups is 3. The van der Waals surface area contributed by atoms with Crippen LogP contribution in [0.1, 0.15) is 81.1 Å². The number of ether oxygens (including phenoxy) is 1. The van der Waals surface area contributed by atoms with Gasteiger partial charge in [-0.25, -0.2) is 0 Å². The predicted molar refractivity (Wildman–Crippen MR) is 144 cm³/mol. The molecule has 202 valence electrons. The molecule has 5 rings (SSSR count). The minimum atomic E-state index is -0.756. The van der Waals surface area contributed by atoms with Crippen LogP contribution < -0.4 is 10.1 Å². The topological polar surface area (TPSA) is 115 Å². The lowest BCUT2D eigenvalue weighted by molar-refractivity contribution is -0.127. The van der Waals surface area contributed by atoms with Gasteiger partial charge in [-0.3, -0.25) is 14.4 Å². The third kappa shape index (κ3) is 5.26. The predicted octanol–water partition coefficient (Wildman–Crippen LogP) is 5.15. The molecule has 8 nitrogen and oxygen atoms in total. The van der Waals surface area contributed by atoms with E-state index in [4.69, 9.17) is 16.3 Å². The van der Waals surface area contributed by atoms with Crippen molar-refractivity contribution in [3.63, 3.8) is 0 Å². The van der Waals surface area contributed by atoms with E-state index in [2.05, 4.69) is 16.4 Å². The van der Waals surface area contributed by atoms with Gasteiger partial charge in [-0.1, -0.05) is 37.3 Å². The van der Waals surface area contributed by atoms with Gasteiger partial charge >= 0.3 is 0 Å². The second-order valence-corrected chi connectivity index (χ2v) is 11.7. The molecule has 1 aromatic carbocycles. The highest BCUT2D eigenvalue weighted by Gasteiger charge is 2.49. The maximum absolute atomic E-state index is 13.9. The van der Waals surface area contributed by atoms with Crippen LogP contribution in [0.4, 0.5) is 0 Å². The molecule has 2 saturated carbocycles. The maximum Gasteiger partial charge on any atom is 0.271 e. The van der Waals surface area contributed by atoms with Crippen LogP contribution in [0.15, 0.2) is 18.2 Å². The van der Waals surface area contributed by atoms with Gasteiger partial charge in [0.1, 0.15) is 29.3 Å². The number of halogens is 1. The minimum Gasteiger partial charge on any atom is -0.497 e. The molecule has 3 fully saturated rings. The van der Waals surface area contributed by atoms with Gasteiger partial charge < -0.3 is 19.9 Å². The van der Waals surface area contributed by atoms with Crippen molar-refractivity contribution in [2.45, 2.75) is 82.7 Å². The molecule has 1 aromatic heterocycles. The number of H-pyrrole nitrogens is 1. The van der Waals surface area contributed by atoms with Crippen molar-refractivity contribution < 1.29 is 19.1 Å². The highest BCUT2D eigenvalue weighted by atomic mass is 35.5. The lowest BCUT2D eigenvalue weighted by atomic mass is 9.72. The largest absolute Gasteiger partial charge is 0.497 e. The van der Waals surface area contributed by atoms with E-state index in [0.717, 1.165) is 50.3 Å². The fourth-order valence-corrected chi connectivity index (χ4v) is 6.99. The van der Waals surface area contributed by atoms with Crippen molar-refractivity contribution in [3.05, 3.63) is 28.9 Å². The number of likely N-dealkylation sites (tertiary alicyclic amines) is 1. The number of aromatic amines is 1. The number of aromatic nitrogens is 1. The van der Waals surface area contributed by atoms with Crippen molar-refractivity contribution >= 4 is 40.1 Å². The third-order valence-corrected chi connectivity index (χ3v) is 9.08. The monoisotopic (exact) mass is 538 g/mol. The number of nitriles is 1. The molecule has 0 radical (unpaired) electrons. The molecule has 3 atom stereocenters. The lowest BCUT2D eigenvalue weighted by Crippen LogP contribution is -2.49. The molecule has 3 aliphatic rings. The summed E-state index contributed by atoms with van der Waals surface area (Å²) in [5.74, 6) is 0.0202. The smallest absolute Gasteiger partial charge is 0.271 e. The fourth-order valence-electron chi connectivity index (χ4n) is 6.73. The molecule has 1 saturated heterocycles. The summed E-state index contributed by atoms with van der Waals surface area (Å²) in [5.41, 5.74) is 0.917. The Labute approximate surface area is 228 Å². The molecule has 1 aliphatic heterocycles. The quantitative estimate of drug-likeness (QED) is 0.527. The Morgan fingerprint density at radius 3 is 2.74 bits per heavy atom. The molecule has 9 heteroatoms. The summed E-state index contributed by atoms with van der Waals surface area (Å²) < 4.78 is 5.31. The van der Waals surface area contributed by atoms with E-state index >= 15 is 0 Å². The Hall–Kier alpha value is -3.05. The Balaban J connectivity index is 1.38. The lowest BCUT2D eigenvalue weighted by Gasteiger charge is -2.32. The maximum atomic E-state index is 13.9. The van der Waals surface area contributed by atoms with Crippen LogP contribution in [-0.4, -0.2) is 53.2 Å². The SMILES string of the molecule is COc1cc(Cl)c2[nH]c(C(=O)N3CC4(CCCCC4)CC3C(=O)N[C@H](C#N)C[C@@H]3CCCCC3=O)cc2c1. The molecule has 2 aromatic rings. The van der Waals surface area contributed by atoms with Crippen LogP contribution in [0.2, 0.25) is 5.02 Å². The molecule has 2 N–H and O–H groups in total. The average Bonchev–Trinajstić information content (AvgIpc) is 3.52. The summed E-state index contributed by atoms with van der Waals surface area (Å²) in [6.07, 6.45) is 9.38. The van der Waals surface area contributed by atoms with Crippen molar-refractivity contribution in [2.75, 3.05) is 13.7 Å². The van der Waals surface area contributed by atoms with Crippen LogP contribution in [-0.2, 0) is 9.59 Å². The number of Topliss-reactive ketones (excluding diaryl/α,β-unsaturated/α-hetero) is 1. The number of nitrogens with one attached hydrogen (secondary N) is 2. The summed E-state index contributed by atoms with van der Waals surface area (Å²) in [6.45, 7) is 0.509. The Kier molecular flexibility index (Phi) is 7.67. The molecule has 0 bridgehead atoms. The van der Waals surface area contributed by atoms with Crippen molar-refractivity contribution in [3.8, 4) is 11.8 Å². The van der Waals surface area contributed by atoms with Crippen LogP contribution in [0, 0.1) is 22.7 Å². The summed E-state index contributed by atoms with van der Waals surface area (Å²) in [4.78, 5) is 44.7. The molecular formula is C29H35ClN4O4. The van der Waals surface area contributed by atoms with Gasteiger partial charge in [0, 0.05) is 30.3 Å². The summed E-state index contributed by atoms with van der Waals surface area (Å²) in [5, 5.41) is 13.9. The number of methoxy groups -OCH3 is 1. The number of nitrogens with zero attached hydrogens (tertiary/aromatic N) is 2. The zero-order chi connectivity index (χ0) is 26.9. The molecular weight excluding hydrogens is 504 g/mol. The van der Waals surface area contributed by atoms with Gasteiger partial charge in [-0.2, -0.15) is 5.26 Å². The number of hydrogen-bond donors (Lipinski definition) is 2. The highest BCUT2D eigenvalue weighted by molar-refractivity contribution is 6.35. The summed E-state index contributed by atoms with van der Waals surface area (Å²) in [6, 6.07) is 6.01. The molecule has 1 unspecified atom stereocenters. The zero-order valence-corrected chi connectivity index (χ0v) is 22.6. The van der Waals surface area contributed by atoms with Gasteiger partial charge in [0.2, 0.25) is 5.91 Å². The minimum absolute atomic E-state index is 0.0930. The van der Waals surface area contributed by atoms with Crippen molar-refractivity contribution in [1.82, 2.24) is 15.2 Å². The Morgan fingerprint density at radius 2 is 2.03 bits per heavy atom. The normalized spacial score (nSPS) is 23.8. The van der Waals surface area contributed by atoms with Crippen LogP contribution in [0.3, 0.4) is 0 Å². The second-order valence-electron chi connectivity index (χ2n) is 11.3. The molecule has 2 amide bonds. The van der Waals surface area contributed by atoms with Gasteiger partial charge in [0.05, 0.1) is 23.7 Å². The Bertz CT molecular complexity index is 1280. The number of benzene rings is 1. The number of carbonyl (C=O) groups excluding carboxylic acids is 3. The van der Waals surface area contributed by atoms with E-state index in [1.54, 1.807) is 24.1 Å². The summed E-state index contributed by atoms with van der Waals surface area (Å²) >= 11 is 6.42.